The summed E-state index contributed by atoms with van der Waals surface area (Å²) in [4.78, 5) is 24.9. The van der Waals surface area contributed by atoms with Crippen LogP contribution in [0.3, 0.4) is 0 Å². The van der Waals surface area contributed by atoms with Crippen molar-refractivity contribution >= 4 is 67.1 Å². The third kappa shape index (κ3) is 5.54. The fraction of sp³-hybridized carbons (Fsp3) is 0.333. The van der Waals surface area contributed by atoms with Crippen LogP contribution in [0.5, 0.6) is 5.75 Å². The number of rotatable bonds is 7. The number of carboxylic acid groups (broad SMARTS) is 1. The van der Waals surface area contributed by atoms with Gasteiger partial charge in [0.2, 0.25) is 15.9 Å². The molecule has 0 unspecified atom stereocenters. The number of aromatic hydroxyl groups is 1. The van der Waals surface area contributed by atoms with Gasteiger partial charge in [-0.25, -0.2) is 13.2 Å². The number of aliphatic carboxylic acids is 1. The summed E-state index contributed by atoms with van der Waals surface area (Å²) >= 11 is 3.90. The topological polar surface area (TPSA) is 124 Å². The van der Waals surface area contributed by atoms with Crippen LogP contribution in [0.1, 0.15) is 24.0 Å². The molecule has 3 N–H and O–H groups in total. The third-order valence-electron chi connectivity index (χ3n) is 5.27. The summed E-state index contributed by atoms with van der Waals surface area (Å²) in [5.41, 5.74) is 1.56. The zero-order valence-corrected chi connectivity index (χ0v) is 22.2. The highest BCUT2D eigenvalue weighted by Gasteiger charge is 2.40. The molecule has 172 valence electrons. The van der Waals surface area contributed by atoms with Crippen molar-refractivity contribution in [1.29, 1.82) is 0 Å². The van der Waals surface area contributed by atoms with Gasteiger partial charge in [0.15, 0.2) is 0 Å². The molecule has 11 heteroatoms. The number of sulfonamides is 1. The molecule has 1 amide bonds. The number of phenols is 1. The quantitative estimate of drug-likeness (QED) is 0.386. The standard InChI is InChI=1S/C21H22I2N2O6S/c1-12-4-6-14(7-5-12)32(30,31)25-8-2-3-18(25)20(27)24-17(21(28)29)11-13-9-15(22)19(26)16(23)10-13/h4-7,9-10,17-18,26H,2-3,8,11H2,1H3,(H,24,27)(H,28,29)/t17-,18-/m0/s1. The van der Waals surface area contributed by atoms with Crippen molar-refractivity contribution in [1.82, 2.24) is 9.62 Å². The summed E-state index contributed by atoms with van der Waals surface area (Å²) in [5.74, 6) is -1.73. The monoisotopic (exact) mass is 684 g/mol. The van der Waals surface area contributed by atoms with E-state index in [0.29, 0.717) is 25.5 Å². The van der Waals surface area contributed by atoms with Crippen LogP contribution in [-0.2, 0) is 26.0 Å². The smallest absolute Gasteiger partial charge is 0.326 e. The van der Waals surface area contributed by atoms with E-state index in [0.717, 1.165) is 9.87 Å². The Morgan fingerprint density at radius 1 is 1.19 bits per heavy atom. The first kappa shape index (κ1) is 25.2. The zero-order chi connectivity index (χ0) is 23.6. The SMILES string of the molecule is Cc1ccc(S(=O)(=O)N2CCC[C@H]2C(=O)N[C@@H](Cc2cc(I)c(O)c(I)c2)C(=O)O)cc1. The van der Waals surface area contributed by atoms with Crippen molar-refractivity contribution < 1.29 is 28.2 Å². The number of nitrogens with zero attached hydrogens (tertiary/aromatic N) is 1. The zero-order valence-electron chi connectivity index (χ0n) is 17.1. The molecule has 1 fully saturated rings. The van der Waals surface area contributed by atoms with Gasteiger partial charge in [0.05, 0.1) is 12.0 Å². The molecule has 2 atom stereocenters. The van der Waals surface area contributed by atoms with Crippen molar-refractivity contribution in [2.24, 2.45) is 0 Å². The van der Waals surface area contributed by atoms with Gasteiger partial charge in [0.1, 0.15) is 17.8 Å². The molecule has 1 heterocycles. The summed E-state index contributed by atoms with van der Waals surface area (Å²) in [6, 6.07) is 7.51. The Bertz CT molecular complexity index is 1110. The Balaban J connectivity index is 1.78. The van der Waals surface area contributed by atoms with Crippen molar-refractivity contribution in [3.63, 3.8) is 0 Å². The van der Waals surface area contributed by atoms with Crippen molar-refractivity contribution in [3.05, 3.63) is 54.7 Å². The molecule has 0 radical (unpaired) electrons. The van der Waals surface area contributed by atoms with Gasteiger partial charge in [-0.05, 0) is 94.8 Å². The second-order valence-electron chi connectivity index (χ2n) is 7.60. The fourth-order valence-electron chi connectivity index (χ4n) is 3.58. The largest absolute Gasteiger partial charge is 0.506 e. The molecule has 0 aromatic heterocycles. The molecule has 2 aromatic carbocycles. The van der Waals surface area contributed by atoms with E-state index in [1.54, 1.807) is 24.3 Å². The highest BCUT2D eigenvalue weighted by molar-refractivity contribution is 14.1. The van der Waals surface area contributed by atoms with Gasteiger partial charge in [-0.3, -0.25) is 4.79 Å². The molecule has 1 saturated heterocycles. The van der Waals surface area contributed by atoms with E-state index in [-0.39, 0.29) is 23.6 Å². The van der Waals surface area contributed by atoms with E-state index < -0.39 is 34.0 Å². The first-order valence-corrected chi connectivity index (χ1v) is 13.4. The molecule has 0 saturated carbocycles. The molecule has 0 bridgehead atoms. The summed E-state index contributed by atoms with van der Waals surface area (Å²) in [7, 11) is -3.89. The summed E-state index contributed by atoms with van der Waals surface area (Å²) in [6.07, 6.45) is 0.832. The Kier molecular flexibility index (Phi) is 8.04. The van der Waals surface area contributed by atoms with E-state index in [2.05, 4.69) is 5.32 Å². The van der Waals surface area contributed by atoms with E-state index in [9.17, 15) is 28.2 Å². The van der Waals surface area contributed by atoms with Crippen LogP contribution in [0.15, 0.2) is 41.3 Å². The average molecular weight is 684 g/mol. The lowest BCUT2D eigenvalue weighted by molar-refractivity contribution is -0.142. The summed E-state index contributed by atoms with van der Waals surface area (Å²) in [6.45, 7) is 2.05. The van der Waals surface area contributed by atoms with Crippen LogP contribution in [-0.4, -0.2) is 53.4 Å². The van der Waals surface area contributed by atoms with Crippen molar-refractivity contribution in [2.45, 2.75) is 43.2 Å². The van der Waals surface area contributed by atoms with E-state index in [1.165, 1.54) is 12.1 Å². The number of carbonyl (C=O) groups is 2. The number of hydrogen-bond donors (Lipinski definition) is 3. The molecular weight excluding hydrogens is 662 g/mol. The molecule has 32 heavy (non-hydrogen) atoms. The molecule has 0 aliphatic carbocycles. The number of halogens is 2. The summed E-state index contributed by atoms with van der Waals surface area (Å²) in [5, 5.41) is 22.1. The first-order valence-electron chi connectivity index (χ1n) is 9.79. The second kappa shape index (κ2) is 10.2. The van der Waals surface area contributed by atoms with Crippen LogP contribution in [0, 0.1) is 14.1 Å². The molecule has 0 spiro atoms. The second-order valence-corrected chi connectivity index (χ2v) is 11.8. The van der Waals surface area contributed by atoms with Crippen LogP contribution < -0.4 is 5.32 Å². The number of carboxylic acids is 1. The maximum absolute atomic E-state index is 13.1. The predicted molar refractivity (Wildman–Crippen MR) is 135 cm³/mol. The van der Waals surface area contributed by atoms with Crippen LogP contribution >= 0.6 is 45.2 Å². The minimum absolute atomic E-state index is 0.00475. The Hall–Kier alpha value is -1.45. The van der Waals surface area contributed by atoms with Gasteiger partial charge in [-0.2, -0.15) is 4.31 Å². The van der Waals surface area contributed by atoms with E-state index >= 15 is 0 Å². The highest BCUT2D eigenvalue weighted by atomic mass is 127. The minimum atomic E-state index is -3.89. The lowest BCUT2D eigenvalue weighted by atomic mass is 10.1. The minimum Gasteiger partial charge on any atom is -0.506 e. The number of phenolic OH excluding ortho intramolecular Hbond substituents is 1. The molecule has 2 aromatic rings. The summed E-state index contributed by atoms with van der Waals surface area (Å²) < 4.78 is 28.5. The van der Waals surface area contributed by atoms with E-state index in [1.807, 2.05) is 52.1 Å². The maximum Gasteiger partial charge on any atom is 0.326 e. The van der Waals surface area contributed by atoms with Gasteiger partial charge in [-0.1, -0.05) is 17.7 Å². The highest BCUT2D eigenvalue weighted by Crippen LogP contribution is 2.29. The van der Waals surface area contributed by atoms with Gasteiger partial charge in [0, 0.05) is 13.0 Å². The van der Waals surface area contributed by atoms with Gasteiger partial charge >= 0.3 is 5.97 Å². The normalized spacial score (nSPS) is 17.8. The fourth-order valence-corrected chi connectivity index (χ4v) is 7.13. The van der Waals surface area contributed by atoms with E-state index in [4.69, 9.17) is 0 Å². The lowest BCUT2D eigenvalue weighted by Gasteiger charge is -2.25. The Morgan fingerprint density at radius 2 is 1.78 bits per heavy atom. The number of aryl methyl sites for hydroxylation is 1. The van der Waals surface area contributed by atoms with Crippen LogP contribution in [0.25, 0.3) is 0 Å². The Morgan fingerprint density at radius 3 is 2.34 bits per heavy atom. The van der Waals surface area contributed by atoms with Gasteiger partial charge in [-0.15, -0.1) is 0 Å². The number of benzene rings is 2. The Labute approximate surface area is 213 Å². The van der Waals surface area contributed by atoms with Crippen molar-refractivity contribution in [2.75, 3.05) is 6.54 Å². The average Bonchev–Trinajstić information content (AvgIpc) is 3.22. The van der Waals surface area contributed by atoms with Crippen LogP contribution in [0.2, 0.25) is 0 Å². The molecule has 1 aliphatic rings. The number of hydrogen-bond acceptors (Lipinski definition) is 5. The molecule has 8 nitrogen and oxygen atoms in total. The third-order valence-corrected chi connectivity index (χ3v) is 8.83. The van der Waals surface area contributed by atoms with Gasteiger partial charge in [0.25, 0.3) is 0 Å². The predicted octanol–water partition coefficient (Wildman–Crippen LogP) is 2.88. The lowest BCUT2D eigenvalue weighted by Crippen LogP contribution is -2.51. The maximum atomic E-state index is 13.1. The molecule has 3 rings (SSSR count). The molecule has 1 aliphatic heterocycles. The van der Waals surface area contributed by atoms with Gasteiger partial charge < -0.3 is 15.5 Å². The number of amides is 1. The number of nitrogens with one attached hydrogen (secondary N) is 1. The van der Waals surface area contributed by atoms with Crippen LogP contribution in [0.4, 0.5) is 0 Å². The number of carbonyl (C=O) groups excluding carboxylic acids is 1. The molecular formula is C21H22I2N2O6S. The first-order chi connectivity index (χ1) is 15.0. The van der Waals surface area contributed by atoms with Crippen molar-refractivity contribution in [3.8, 4) is 5.75 Å².